The smallest absolute Gasteiger partial charge is 0.419 e. The molecule has 0 aliphatic carbocycles. The molecule has 18 heavy (non-hydrogen) atoms. The Labute approximate surface area is 99.9 Å². The van der Waals surface area contributed by atoms with Crippen LogP contribution in [0.25, 0.3) is 0 Å². The summed E-state index contributed by atoms with van der Waals surface area (Å²) in [6.45, 7) is -0.325. The van der Waals surface area contributed by atoms with Crippen molar-refractivity contribution in [2.24, 2.45) is 0 Å². The molecule has 1 atom stereocenters. The van der Waals surface area contributed by atoms with Crippen LogP contribution in [0.15, 0.2) is 12.1 Å². The van der Waals surface area contributed by atoms with Crippen molar-refractivity contribution in [3.05, 3.63) is 23.3 Å². The number of carboxylic acids is 1. The largest absolute Gasteiger partial charge is 0.496 e. The van der Waals surface area contributed by atoms with Crippen LogP contribution in [-0.2, 0) is 11.0 Å². The van der Waals surface area contributed by atoms with Gasteiger partial charge in [0.2, 0.25) is 0 Å². The normalized spacial score (nSPS) is 18.1. The Balaban J connectivity index is 2.63. The highest BCUT2D eigenvalue weighted by molar-refractivity contribution is 5.80. The van der Waals surface area contributed by atoms with Crippen LogP contribution in [0.4, 0.5) is 13.2 Å². The molecule has 1 aliphatic rings. The summed E-state index contributed by atoms with van der Waals surface area (Å²) in [5, 5.41) is 8.96. The number of benzene rings is 1. The van der Waals surface area contributed by atoms with E-state index < -0.39 is 29.4 Å². The fraction of sp³-hybridized carbons (Fsp3) is 0.364. The van der Waals surface area contributed by atoms with Gasteiger partial charge in [0.15, 0.2) is 0 Å². The monoisotopic (exact) mass is 262 g/mol. The fourth-order valence-corrected chi connectivity index (χ4v) is 1.91. The van der Waals surface area contributed by atoms with Crippen LogP contribution in [0.5, 0.6) is 11.5 Å². The van der Waals surface area contributed by atoms with Gasteiger partial charge in [-0.05, 0) is 12.1 Å². The number of carbonyl (C=O) groups is 1. The molecule has 98 valence electrons. The molecule has 0 spiro atoms. The van der Waals surface area contributed by atoms with Gasteiger partial charge in [0, 0.05) is 0 Å². The van der Waals surface area contributed by atoms with E-state index in [-0.39, 0.29) is 17.9 Å². The molecule has 0 radical (unpaired) electrons. The van der Waals surface area contributed by atoms with Crippen molar-refractivity contribution in [3.8, 4) is 11.5 Å². The molecule has 0 saturated carbocycles. The quantitative estimate of drug-likeness (QED) is 0.888. The lowest BCUT2D eigenvalue weighted by atomic mass is 9.97. The highest BCUT2D eigenvalue weighted by atomic mass is 19.4. The van der Waals surface area contributed by atoms with E-state index in [1.165, 1.54) is 7.11 Å². The van der Waals surface area contributed by atoms with Crippen molar-refractivity contribution < 1.29 is 32.5 Å². The van der Waals surface area contributed by atoms with Gasteiger partial charge in [-0.3, -0.25) is 4.79 Å². The summed E-state index contributed by atoms with van der Waals surface area (Å²) < 4.78 is 48.0. The predicted octanol–water partition coefficient (Wildman–Crippen LogP) is 2.27. The summed E-state index contributed by atoms with van der Waals surface area (Å²) in [7, 11) is 1.26. The third kappa shape index (κ3) is 1.85. The highest BCUT2D eigenvalue weighted by Crippen LogP contribution is 2.48. The molecule has 1 aromatic rings. The van der Waals surface area contributed by atoms with Gasteiger partial charge in [-0.2, -0.15) is 13.2 Å². The number of carboxylic acid groups (broad SMARTS) is 1. The summed E-state index contributed by atoms with van der Waals surface area (Å²) in [5.41, 5.74) is -1.04. The van der Waals surface area contributed by atoms with Crippen molar-refractivity contribution in [2.45, 2.75) is 12.1 Å². The zero-order chi connectivity index (χ0) is 13.5. The van der Waals surface area contributed by atoms with Crippen molar-refractivity contribution in [2.75, 3.05) is 13.7 Å². The number of hydrogen-bond acceptors (Lipinski definition) is 3. The van der Waals surface area contributed by atoms with Crippen molar-refractivity contribution >= 4 is 5.97 Å². The average molecular weight is 262 g/mol. The molecule has 0 bridgehead atoms. The molecule has 7 heteroatoms. The Morgan fingerprint density at radius 2 is 2.17 bits per heavy atom. The third-order valence-corrected chi connectivity index (χ3v) is 2.72. The Morgan fingerprint density at radius 3 is 2.67 bits per heavy atom. The standard InChI is InChI=1S/C11H9F3O4/c1-17-7-3-2-6(11(12,13)14)9-8(7)5(4-18-9)10(15)16/h2-3,5H,4H2,1H3,(H,15,16). The minimum Gasteiger partial charge on any atom is -0.496 e. The summed E-state index contributed by atoms with van der Waals surface area (Å²) in [4.78, 5) is 11.0. The second-order valence-electron chi connectivity index (χ2n) is 3.76. The number of ether oxygens (including phenoxy) is 2. The molecule has 0 fully saturated rings. The maximum absolute atomic E-state index is 12.7. The molecule has 1 aromatic carbocycles. The molecule has 0 amide bonds. The van der Waals surface area contributed by atoms with Crippen LogP contribution >= 0.6 is 0 Å². The van der Waals surface area contributed by atoms with Crippen LogP contribution in [0.3, 0.4) is 0 Å². The van der Waals surface area contributed by atoms with E-state index in [0.29, 0.717) is 0 Å². The van der Waals surface area contributed by atoms with Gasteiger partial charge in [-0.1, -0.05) is 0 Å². The first-order valence-corrected chi connectivity index (χ1v) is 5.00. The first-order chi connectivity index (χ1) is 8.36. The first-order valence-electron chi connectivity index (χ1n) is 5.00. The van der Waals surface area contributed by atoms with Crippen LogP contribution < -0.4 is 9.47 Å². The molecule has 1 aliphatic heterocycles. The molecule has 1 N–H and O–H groups in total. The zero-order valence-corrected chi connectivity index (χ0v) is 9.25. The van der Waals surface area contributed by atoms with Crippen molar-refractivity contribution in [3.63, 3.8) is 0 Å². The highest BCUT2D eigenvalue weighted by Gasteiger charge is 2.42. The molecule has 1 unspecified atom stereocenters. The lowest BCUT2D eigenvalue weighted by Crippen LogP contribution is -2.13. The second-order valence-corrected chi connectivity index (χ2v) is 3.76. The van der Waals surface area contributed by atoms with E-state index in [0.717, 1.165) is 12.1 Å². The van der Waals surface area contributed by atoms with E-state index >= 15 is 0 Å². The van der Waals surface area contributed by atoms with E-state index in [2.05, 4.69) is 0 Å². The molecular weight excluding hydrogens is 253 g/mol. The molecule has 0 saturated heterocycles. The minimum absolute atomic E-state index is 0.0557. The number of fused-ring (bicyclic) bond motifs is 1. The third-order valence-electron chi connectivity index (χ3n) is 2.72. The number of aliphatic carboxylic acids is 1. The minimum atomic E-state index is -4.59. The lowest BCUT2D eigenvalue weighted by Gasteiger charge is -2.14. The van der Waals surface area contributed by atoms with E-state index in [1.54, 1.807) is 0 Å². The molecule has 4 nitrogen and oxygen atoms in total. The van der Waals surface area contributed by atoms with Crippen molar-refractivity contribution in [1.82, 2.24) is 0 Å². The van der Waals surface area contributed by atoms with Crippen LogP contribution in [-0.4, -0.2) is 24.8 Å². The van der Waals surface area contributed by atoms with Gasteiger partial charge >= 0.3 is 12.1 Å². The van der Waals surface area contributed by atoms with Gasteiger partial charge in [0.25, 0.3) is 0 Å². The Morgan fingerprint density at radius 1 is 1.50 bits per heavy atom. The fourth-order valence-electron chi connectivity index (χ4n) is 1.91. The van der Waals surface area contributed by atoms with Gasteiger partial charge in [0.1, 0.15) is 24.0 Å². The number of halogens is 3. The second kappa shape index (κ2) is 4.08. The first kappa shape index (κ1) is 12.5. The molecular formula is C11H9F3O4. The Bertz CT molecular complexity index is 496. The average Bonchev–Trinajstić information content (AvgIpc) is 2.70. The number of methoxy groups -OCH3 is 1. The molecule has 2 rings (SSSR count). The zero-order valence-electron chi connectivity index (χ0n) is 9.25. The van der Waals surface area contributed by atoms with E-state index in [9.17, 15) is 18.0 Å². The summed E-state index contributed by atoms with van der Waals surface area (Å²) >= 11 is 0. The molecule has 1 heterocycles. The van der Waals surface area contributed by atoms with Gasteiger partial charge in [0.05, 0.1) is 18.2 Å². The summed E-state index contributed by atoms with van der Waals surface area (Å²) in [6, 6.07) is 1.92. The van der Waals surface area contributed by atoms with E-state index in [4.69, 9.17) is 14.6 Å². The van der Waals surface area contributed by atoms with Gasteiger partial charge < -0.3 is 14.6 Å². The summed E-state index contributed by atoms with van der Waals surface area (Å²) in [5.74, 6) is -2.75. The Kier molecular flexibility index (Phi) is 2.84. The van der Waals surface area contributed by atoms with Gasteiger partial charge in [-0.15, -0.1) is 0 Å². The van der Waals surface area contributed by atoms with Crippen LogP contribution in [0.2, 0.25) is 0 Å². The number of rotatable bonds is 2. The topological polar surface area (TPSA) is 55.8 Å². The van der Waals surface area contributed by atoms with Crippen molar-refractivity contribution in [1.29, 1.82) is 0 Å². The van der Waals surface area contributed by atoms with Crippen LogP contribution in [0, 0.1) is 0 Å². The summed E-state index contributed by atoms with van der Waals surface area (Å²) in [6.07, 6.45) is -4.59. The lowest BCUT2D eigenvalue weighted by molar-refractivity contribution is -0.139. The maximum Gasteiger partial charge on any atom is 0.419 e. The predicted molar refractivity (Wildman–Crippen MR) is 53.9 cm³/mol. The maximum atomic E-state index is 12.7. The van der Waals surface area contributed by atoms with Crippen LogP contribution in [0.1, 0.15) is 17.0 Å². The van der Waals surface area contributed by atoms with Gasteiger partial charge in [-0.25, -0.2) is 0 Å². The number of alkyl halides is 3. The number of hydrogen-bond donors (Lipinski definition) is 1. The van der Waals surface area contributed by atoms with E-state index in [1.807, 2.05) is 0 Å². The SMILES string of the molecule is COc1ccc(C(F)(F)F)c2c1C(C(=O)O)CO2. The Hall–Kier alpha value is -1.92. The molecule has 0 aromatic heterocycles.